The first-order valence-corrected chi connectivity index (χ1v) is 5.49. The first-order valence-electron chi connectivity index (χ1n) is 5.49. The smallest absolute Gasteiger partial charge is 0.145 e. The summed E-state index contributed by atoms with van der Waals surface area (Å²) in [5, 5.41) is 7.19. The molecule has 1 heterocycles. The van der Waals surface area contributed by atoms with E-state index in [1.54, 1.807) is 6.07 Å². The molecule has 1 atom stereocenters. The van der Waals surface area contributed by atoms with E-state index in [1.807, 2.05) is 13.0 Å². The van der Waals surface area contributed by atoms with Crippen molar-refractivity contribution in [1.29, 1.82) is 0 Å². The number of oxime groups is 1. The number of hydrogen-bond donors (Lipinski definition) is 1. The molecule has 0 amide bonds. The third-order valence-electron chi connectivity index (χ3n) is 2.51. The van der Waals surface area contributed by atoms with Gasteiger partial charge in [-0.05, 0) is 18.7 Å². The van der Waals surface area contributed by atoms with Gasteiger partial charge in [-0.3, -0.25) is 0 Å². The number of hydrogen-bond acceptors (Lipinski definition) is 3. The second kappa shape index (κ2) is 5.07. The predicted octanol–water partition coefficient (Wildman–Crippen LogP) is 1.93. The minimum atomic E-state index is -0.240. The normalized spacial score (nSPS) is 19.4. The summed E-state index contributed by atoms with van der Waals surface area (Å²) in [5.74, 6) is -0.240. The lowest BCUT2D eigenvalue weighted by molar-refractivity contribution is 0.0855. The Morgan fingerprint density at radius 1 is 1.56 bits per heavy atom. The van der Waals surface area contributed by atoms with E-state index in [2.05, 4.69) is 10.5 Å². The Hall–Kier alpha value is -1.42. The zero-order valence-electron chi connectivity index (χ0n) is 9.24. The summed E-state index contributed by atoms with van der Waals surface area (Å²) in [5.41, 5.74) is 1.63. The molecule has 0 saturated carbocycles. The van der Waals surface area contributed by atoms with Crippen molar-refractivity contribution in [3.05, 3.63) is 35.6 Å². The molecule has 0 aliphatic carbocycles. The quantitative estimate of drug-likeness (QED) is 0.844. The maximum absolute atomic E-state index is 13.0. The molecule has 1 unspecified atom stereocenters. The molecule has 86 valence electrons. The van der Waals surface area contributed by atoms with Gasteiger partial charge >= 0.3 is 0 Å². The zero-order valence-corrected chi connectivity index (χ0v) is 9.24. The van der Waals surface area contributed by atoms with Crippen LogP contribution in [-0.4, -0.2) is 24.9 Å². The summed E-state index contributed by atoms with van der Waals surface area (Å²) in [6, 6.07) is 6.44. The Morgan fingerprint density at radius 2 is 2.44 bits per heavy atom. The number of nitrogens with one attached hydrogen (secondary N) is 1. The van der Waals surface area contributed by atoms with Crippen LogP contribution in [-0.2, 0) is 4.84 Å². The van der Waals surface area contributed by atoms with E-state index < -0.39 is 0 Å². The molecule has 0 bridgehead atoms. The van der Waals surface area contributed by atoms with Crippen molar-refractivity contribution in [3.63, 3.8) is 0 Å². The summed E-state index contributed by atoms with van der Waals surface area (Å²) in [4.78, 5) is 5.26. The van der Waals surface area contributed by atoms with Crippen molar-refractivity contribution in [3.8, 4) is 0 Å². The van der Waals surface area contributed by atoms with Gasteiger partial charge in [-0.25, -0.2) is 4.39 Å². The second-order valence-corrected chi connectivity index (χ2v) is 3.79. The molecular formula is C12H15FN2O. The third-order valence-corrected chi connectivity index (χ3v) is 2.51. The van der Waals surface area contributed by atoms with E-state index in [4.69, 9.17) is 4.84 Å². The predicted molar refractivity (Wildman–Crippen MR) is 61.0 cm³/mol. The summed E-state index contributed by atoms with van der Waals surface area (Å²) >= 11 is 0. The number of halogens is 1. The Bertz CT molecular complexity index is 392. The number of benzene rings is 1. The van der Waals surface area contributed by atoms with Crippen molar-refractivity contribution < 1.29 is 9.23 Å². The summed E-state index contributed by atoms with van der Waals surface area (Å²) in [6.45, 7) is 3.73. The Kier molecular flexibility index (Phi) is 3.51. The number of likely N-dealkylation sites (N-methyl/N-ethyl adjacent to an activating group) is 1. The van der Waals surface area contributed by atoms with Gasteiger partial charge in [0.1, 0.15) is 11.9 Å². The molecule has 1 aliphatic heterocycles. The van der Waals surface area contributed by atoms with E-state index in [1.165, 1.54) is 12.1 Å². The molecule has 1 N–H and O–H groups in total. The van der Waals surface area contributed by atoms with E-state index >= 15 is 0 Å². The highest BCUT2D eigenvalue weighted by atomic mass is 19.1. The largest absolute Gasteiger partial charge is 0.390 e. The van der Waals surface area contributed by atoms with Gasteiger partial charge in [-0.2, -0.15) is 0 Å². The highest BCUT2D eigenvalue weighted by Crippen LogP contribution is 2.16. The van der Waals surface area contributed by atoms with Crippen molar-refractivity contribution in [2.75, 3.05) is 13.1 Å². The highest BCUT2D eigenvalue weighted by Gasteiger charge is 2.21. The highest BCUT2D eigenvalue weighted by molar-refractivity contribution is 6.01. The van der Waals surface area contributed by atoms with Gasteiger partial charge < -0.3 is 10.2 Å². The molecule has 1 aromatic carbocycles. The van der Waals surface area contributed by atoms with Crippen molar-refractivity contribution in [2.24, 2.45) is 5.16 Å². The minimum Gasteiger partial charge on any atom is -0.390 e. The Labute approximate surface area is 94.3 Å². The zero-order chi connectivity index (χ0) is 11.4. The van der Waals surface area contributed by atoms with Gasteiger partial charge in [-0.1, -0.05) is 24.2 Å². The monoisotopic (exact) mass is 222 g/mol. The maximum atomic E-state index is 13.0. The average molecular weight is 222 g/mol. The van der Waals surface area contributed by atoms with Crippen LogP contribution in [0.3, 0.4) is 0 Å². The van der Waals surface area contributed by atoms with Crippen LogP contribution in [0.1, 0.15) is 18.9 Å². The molecule has 4 heteroatoms. The second-order valence-electron chi connectivity index (χ2n) is 3.79. The van der Waals surface area contributed by atoms with Crippen LogP contribution in [0, 0.1) is 5.82 Å². The first-order chi connectivity index (χ1) is 7.79. The van der Waals surface area contributed by atoms with Gasteiger partial charge in [0.05, 0.1) is 5.71 Å². The molecule has 0 saturated heterocycles. The van der Waals surface area contributed by atoms with Gasteiger partial charge in [0, 0.05) is 18.5 Å². The van der Waals surface area contributed by atoms with Crippen LogP contribution in [0.2, 0.25) is 0 Å². The lowest BCUT2D eigenvalue weighted by Crippen LogP contribution is -2.26. The lowest BCUT2D eigenvalue weighted by atomic mass is 10.1. The van der Waals surface area contributed by atoms with Crippen LogP contribution in [0.25, 0.3) is 0 Å². The van der Waals surface area contributed by atoms with Crippen LogP contribution in [0.5, 0.6) is 0 Å². The maximum Gasteiger partial charge on any atom is 0.145 e. The summed E-state index contributed by atoms with van der Waals surface area (Å²) in [7, 11) is 0. The van der Waals surface area contributed by atoms with Crippen LogP contribution < -0.4 is 5.32 Å². The fourth-order valence-electron chi connectivity index (χ4n) is 1.68. The molecule has 1 aliphatic rings. The number of nitrogens with zero attached hydrogens (tertiary/aromatic N) is 1. The van der Waals surface area contributed by atoms with E-state index in [0.717, 1.165) is 30.8 Å². The van der Waals surface area contributed by atoms with E-state index in [0.29, 0.717) is 0 Å². The van der Waals surface area contributed by atoms with Gasteiger partial charge in [-0.15, -0.1) is 0 Å². The fourth-order valence-corrected chi connectivity index (χ4v) is 1.68. The molecule has 0 aromatic heterocycles. The first kappa shape index (κ1) is 11.1. The van der Waals surface area contributed by atoms with E-state index in [-0.39, 0.29) is 11.9 Å². The third kappa shape index (κ3) is 2.58. The van der Waals surface area contributed by atoms with Crippen LogP contribution in [0.15, 0.2) is 29.4 Å². The number of rotatable bonds is 4. The Morgan fingerprint density at radius 3 is 3.19 bits per heavy atom. The summed E-state index contributed by atoms with van der Waals surface area (Å²) in [6.07, 6.45) is 0.800. The fraction of sp³-hybridized carbons (Fsp3) is 0.417. The van der Waals surface area contributed by atoms with Gasteiger partial charge in [0.25, 0.3) is 0 Å². The minimum absolute atomic E-state index is 0.0678. The molecule has 2 rings (SSSR count). The molecule has 0 fully saturated rings. The topological polar surface area (TPSA) is 33.6 Å². The molecule has 0 spiro atoms. The molecule has 3 nitrogen and oxygen atoms in total. The molecule has 1 aromatic rings. The van der Waals surface area contributed by atoms with Crippen molar-refractivity contribution in [1.82, 2.24) is 5.32 Å². The van der Waals surface area contributed by atoms with Gasteiger partial charge in [0.2, 0.25) is 0 Å². The van der Waals surface area contributed by atoms with Crippen molar-refractivity contribution >= 4 is 5.71 Å². The average Bonchev–Trinajstić information content (AvgIpc) is 2.75. The molecular weight excluding hydrogens is 207 g/mol. The van der Waals surface area contributed by atoms with Crippen LogP contribution in [0.4, 0.5) is 4.39 Å². The molecule has 0 radical (unpaired) electrons. The summed E-state index contributed by atoms with van der Waals surface area (Å²) < 4.78 is 13.0. The van der Waals surface area contributed by atoms with E-state index in [9.17, 15) is 4.39 Å². The Balaban J connectivity index is 1.98. The SMILES string of the molecule is CCNCC1CC(c2cccc(F)c2)=NO1. The van der Waals surface area contributed by atoms with Crippen molar-refractivity contribution in [2.45, 2.75) is 19.4 Å². The molecule has 16 heavy (non-hydrogen) atoms. The van der Waals surface area contributed by atoms with Crippen LogP contribution >= 0.6 is 0 Å². The van der Waals surface area contributed by atoms with Gasteiger partial charge in [0.15, 0.2) is 0 Å². The lowest BCUT2D eigenvalue weighted by Gasteiger charge is -2.07. The standard InChI is InChI=1S/C12H15FN2O/c1-2-14-8-11-7-12(15-16-11)9-4-3-5-10(13)6-9/h3-6,11,14H,2,7-8H2,1H3.